The van der Waals surface area contributed by atoms with Crippen LogP contribution in [0.3, 0.4) is 0 Å². The number of aromatic nitrogens is 3. The molecule has 1 aromatic heterocycles. The molecule has 0 unspecified atom stereocenters. The van der Waals surface area contributed by atoms with Gasteiger partial charge in [-0.3, -0.25) is 0 Å². The fourth-order valence-electron chi connectivity index (χ4n) is 1.57. The van der Waals surface area contributed by atoms with Crippen molar-refractivity contribution in [2.45, 2.75) is 20.6 Å². The molecule has 0 bridgehead atoms. The van der Waals surface area contributed by atoms with Crippen molar-refractivity contribution in [3.8, 4) is 0 Å². The van der Waals surface area contributed by atoms with E-state index in [4.69, 9.17) is 14.0 Å². The van der Waals surface area contributed by atoms with Crippen molar-refractivity contribution in [2.75, 3.05) is 26.4 Å². The van der Waals surface area contributed by atoms with Crippen LogP contribution in [0.5, 0.6) is 0 Å². The first-order chi connectivity index (χ1) is 8.67. The SMILES string of the molecule is CCOCn1cc(B2OCC(C)(CO)CO2)nn1. The lowest BCUT2D eigenvalue weighted by Crippen LogP contribution is -2.50. The third-order valence-electron chi connectivity index (χ3n) is 2.77. The Bertz CT molecular complexity index is 379. The number of hydrogen-bond acceptors (Lipinski definition) is 6. The Morgan fingerprint density at radius 2 is 2.28 bits per heavy atom. The molecule has 2 rings (SSSR count). The van der Waals surface area contributed by atoms with Crippen LogP contribution < -0.4 is 5.59 Å². The summed E-state index contributed by atoms with van der Waals surface area (Å²) in [5, 5.41) is 17.1. The van der Waals surface area contributed by atoms with Gasteiger partial charge in [-0.25, -0.2) is 4.68 Å². The van der Waals surface area contributed by atoms with Gasteiger partial charge in [-0.1, -0.05) is 12.1 Å². The first-order valence-electron chi connectivity index (χ1n) is 5.99. The maximum atomic E-state index is 9.20. The van der Waals surface area contributed by atoms with Gasteiger partial charge in [-0.15, -0.1) is 5.10 Å². The van der Waals surface area contributed by atoms with Crippen LogP contribution in [0.25, 0.3) is 0 Å². The molecular weight excluding hydrogens is 237 g/mol. The lowest BCUT2D eigenvalue weighted by atomic mass is 9.80. The molecule has 0 saturated carbocycles. The molecule has 1 aliphatic heterocycles. The normalized spacial score (nSPS) is 19.2. The summed E-state index contributed by atoms with van der Waals surface area (Å²) in [6.07, 6.45) is 1.74. The molecule has 18 heavy (non-hydrogen) atoms. The molecule has 1 fully saturated rings. The Balaban J connectivity index is 1.91. The monoisotopic (exact) mass is 255 g/mol. The molecule has 1 aromatic rings. The summed E-state index contributed by atoms with van der Waals surface area (Å²) in [7, 11) is -0.514. The molecule has 7 nitrogen and oxygen atoms in total. The average Bonchev–Trinajstić information content (AvgIpc) is 2.86. The quantitative estimate of drug-likeness (QED) is 0.681. The lowest BCUT2D eigenvalue weighted by molar-refractivity contribution is -0.0147. The van der Waals surface area contributed by atoms with Crippen LogP contribution in [0.2, 0.25) is 0 Å². The van der Waals surface area contributed by atoms with Gasteiger partial charge in [0.2, 0.25) is 0 Å². The van der Waals surface area contributed by atoms with Crippen LogP contribution >= 0.6 is 0 Å². The number of rotatable bonds is 5. The van der Waals surface area contributed by atoms with E-state index in [0.717, 1.165) is 0 Å². The van der Waals surface area contributed by atoms with Crippen LogP contribution in [-0.4, -0.2) is 53.6 Å². The van der Waals surface area contributed by atoms with Gasteiger partial charge in [0, 0.05) is 31.4 Å². The minimum absolute atomic E-state index is 0.0384. The standard InChI is InChI=1S/C10H18BN3O4/c1-3-16-8-14-4-9(12-13-14)11-17-6-10(2,5-15)7-18-11/h4,15H,3,5-8H2,1-2H3. The van der Waals surface area contributed by atoms with Gasteiger partial charge in [0.05, 0.1) is 6.61 Å². The lowest BCUT2D eigenvalue weighted by Gasteiger charge is -2.33. The largest absolute Gasteiger partial charge is 0.517 e. The third-order valence-corrected chi connectivity index (χ3v) is 2.77. The summed E-state index contributed by atoms with van der Waals surface area (Å²) in [4.78, 5) is 0. The summed E-state index contributed by atoms with van der Waals surface area (Å²) in [5.74, 6) is 0. The minimum atomic E-state index is -0.514. The van der Waals surface area contributed by atoms with Crippen LogP contribution in [0.4, 0.5) is 0 Å². The Morgan fingerprint density at radius 3 is 2.89 bits per heavy atom. The molecule has 0 aromatic carbocycles. The smallest absolute Gasteiger partial charge is 0.405 e. The van der Waals surface area contributed by atoms with E-state index < -0.39 is 7.12 Å². The maximum Gasteiger partial charge on any atom is 0.517 e. The molecule has 8 heteroatoms. The van der Waals surface area contributed by atoms with E-state index in [0.29, 0.717) is 32.1 Å². The van der Waals surface area contributed by atoms with Crippen LogP contribution in [0.15, 0.2) is 6.20 Å². The van der Waals surface area contributed by atoms with Crippen molar-refractivity contribution in [1.82, 2.24) is 15.0 Å². The first-order valence-corrected chi connectivity index (χ1v) is 5.99. The highest BCUT2D eigenvalue weighted by atomic mass is 16.6. The van der Waals surface area contributed by atoms with Crippen molar-refractivity contribution in [2.24, 2.45) is 5.41 Å². The molecule has 100 valence electrons. The van der Waals surface area contributed by atoms with E-state index in [-0.39, 0.29) is 12.0 Å². The molecule has 0 radical (unpaired) electrons. The van der Waals surface area contributed by atoms with E-state index in [9.17, 15) is 5.11 Å². The molecule has 2 heterocycles. The second-order valence-electron chi connectivity index (χ2n) is 4.73. The number of hydrogen-bond donors (Lipinski definition) is 1. The molecule has 0 spiro atoms. The summed E-state index contributed by atoms with van der Waals surface area (Å²) >= 11 is 0. The zero-order valence-electron chi connectivity index (χ0n) is 10.7. The molecular formula is C10H18BN3O4. The van der Waals surface area contributed by atoms with Crippen LogP contribution in [0.1, 0.15) is 13.8 Å². The Kier molecular flexibility index (Phi) is 4.33. The Morgan fingerprint density at radius 1 is 1.56 bits per heavy atom. The maximum absolute atomic E-state index is 9.20. The highest BCUT2D eigenvalue weighted by Gasteiger charge is 2.37. The number of aliphatic hydroxyl groups excluding tert-OH is 1. The Hall–Kier alpha value is -0.955. The molecule has 0 atom stereocenters. The van der Waals surface area contributed by atoms with Crippen molar-refractivity contribution >= 4 is 12.7 Å². The van der Waals surface area contributed by atoms with Crippen molar-refractivity contribution < 1.29 is 19.2 Å². The van der Waals surface area contributed by atoms with Crippen LogP contribution in [-0.2, 0) is 20.8 Å². The van der Waals surface area contributed by atoms with E-state index in [1.807, 2.05) is 13.8 Å². The van der Waals surface area contributed by atoms with Gasteiger partial charge in [0.15, 0.2) is 0 Å². The number of ether oxygens (including phenoxy) is 1. The minimum Gasteiger partial charge on any atom is -0.405 e. The average molecular weight is 255 g/mol. The molecule has 1 N–H and O–H groups in total. The Labute approximate surface area is 106 Å². The predicted octanol–water partition coefficient (Wildman–Crippen LogP) is -0.987. The highest BCUT2D eigenvalue weighted by molar-refractivity contribution is 6.60. The highest BCUT2D eigenvalue weighted by Crippen LogP contribution is 2.21. The molecule has 0 amide bonds. The fourth-order valence-corrected chi connectivity index (χ4v) is 1.57. The van der Waals surface area contributed by atoms with Crippen molar-refractivity contribution in [1.29, 1.82) is 0 Å². The van der Waals surface area contributed by atoms with E-state index in [1.165, 1.54) is 0 Å². The van der Waals surface area contributed by atoms with E-state index in [1.54, 1.807) is 10.9 Å². The third kappa shape index (κ3) is 3.08. The second kappa shape index (κ2) is 5.79. The van der Waals surface area contributed by atoms with Gasteiger partial charge < -0.3 is 19.2 Å². The predicted molar refractivity (Wildman–Crippen MR) is 64.1 cm³/mol. The summed E-state index contributed by atoms with van der Waals surface area (Å²) in [5.41, 5.74) is 0.285. The van der Waals surface area contributed by atoms with Gasteiger partial charge in [-0.2, -0.15) is 0 Å². The van der Waals surface area contributed by atoms with E-state index in [2.05, 4.69) is 10.3 Å². The summed E-state index contributed by atoms with van der Waals surface area (Å²) in [6.45, 7) is 5.73. The van der Waals surface area contributed by atoms with Gasteiger partial charge >= 0.3 is 7.12 Å². The summed E-state index contributed by atoms with van der Waals surface area (Å²) in [6, 6.07) is 0. The van der Waals surface area contributed by atoms with Gasteiger partial charge in [0.1, 0.15) is 12.3 Å². The topological polar surface area (TPSA) is 78.6 Å². The van der Waals surface area contributed by atoms with Crippen molar-refractivity contribution in [3.63, 3.8) is 0 Å². The zero-order chi connectivity index (χ0) is 13.0. The number of nitrogens with zero attached hydrogens (tertiary/aromatic N) is 3. The first kappa shape index (κ1) is 13.5. The molecule has 1 aliphatic rings. The number of aliphatic hydroxyl groups is 1. The molecule has 1 saturated heterocycles. The van der Waals surface area contributed by atoms with Crippen LogP contribution in [0, 0.1) is 5.41 Å². The second-order valence-corrected chi connectivity index (χ2v) is 4.73. The van der Waals surface area contributed by atoms with Crippen molar-refractivity contribution in [3.05, 3.63) is 6.20 Å². The summed E-state index contributed by atoms with van der Waals surface area (Å²) < 4.78 is 17.9. The molecule has 0 aliphatic carbocycles. The van der Waals surface area contributed by atoms with Gasteiger partial charge in [-0.05, 0) is 6.92 Å². The van der Waals surface area contributed by atoms with Gasteiger partial charge in [0.25, 0.3) is 0 Å². The zero-order valence-corrected chi connectivity index (χ0v) is 10.7. The fraction of sp³-hybridized carbons (Fsp3) is 0.800. The van der Waals surface area contributed by atoms with E-state index >= 15 is 0 Å².